The highest BCUT2D eigenvalue weighted by atomic mass is 32.2. The molecule has 1 heterocycles. The molecule has 2 rings (SSSR count). The average molecular weight is 201 g/mol. The third-order valence-corrected chi connectivity index (χ3v) is 4.30. The number of rotatable bonds is 2. The van der Waals surface area contributed by atoms with Crippen molar-refractivity contribution in [2.24, 2.45) is 0 Å². The van der Waals surface area contributed by atoms with Crippen LogP contribution in [0.1, 0.15) is 32.1 Å². The molecule has 1 saturated heterocycles. The quantitative estimate of drug-likeness (QED) is 0.708. The normalized spacial score (nSPS) is 40.8. The van der Waals surface area contributed by atoms with Gasteiger partial charge in [0.25, 0.3) is 0 Å². The Hall–Kier alpha value is 0.270. The smallest absolute Gasteiger partial charge is 0.0693 e. The summed E-state index contributed by atoms with van der Waals surface area (Å²) in [7, 11) is 0. The Morgan fingerprint density at radius 3 is 2.69 bits per heavy atom. The first kappa shape index (κ1) is 9.81. The highest BCUT2D eigenvalue weighted by Gasteiger charge is 2.27. The third-order valence-electron chi connectivity index (χ3n) is 3.09. The molecule has 3 atom stereocenters. The van der Waals surface area contributed by atoms with E-state index in [1.807, 2.05) is 11.8 Å². The molecule has 1 aliphatic carbocycles. The minimum absolute atomic E-state index is 0.0769. The maximum atomic E-state index is 9.65. The van der Waals surface area contributed by atoms with E-state index in [4.69, 9.17) is 0 Å². The van der Waals surface area contributed by atoms with E-state index in [-0.39, 0.29) is 6.10 Å². The fourth-order valence-electron chi connectivity index (χ4n) is 2.31. The van der Waals surface area contributed by atoms with Crippen molar-refractivity contribution in [1.29, 1.82) is 0 Å². The van der Waals surface area contributed by atoms with E-state index in [9.17, 15) is 5.11 Å². The van der Waals surface area contributed by atoms with Gasteiger partial charge in [0, 0.05) is 17.8 Å². The van der Waals surface area contributed by atoms with Crippen LogP contribution in [0.5, 0.6) is 0 Å². The van der Waals surface area contributed by atoms with E-state index in [2.05, 4.69) is 5.32 Å². The molecule has 1 unspecified atom stereocenters. The predicted molar refractivity (Wildman–Crippen MR) is 57.1 cm³/mol. The minimum Gasteiger partial charge on any atom is -0.392 e. The van der Waals surface area contributed by atoms with Gasteiger partial charge >= 0.3 is 0 Å². The Balaban J connectivity index is 1.75. The van der Waals surface area contributed by atoms with E-state index < -0.39 is 0 Å². The van der Waals surface area contributed by atoms with Crippen LogP contribution in [-0.4, -0.2) is 34.8 Å². The summed E-state index contributed by atoms with van der Waals surface area (Å²) in [5, 5.41) is 13.2. The van der Waals surface area contributed by atoms with Crippen molar-refractivity contribution in [3.8, 4) is 0 Å². The van der Waals surface area contributed by atoms with Crippen LogP contribution in [0.15, 0.2) is 0 Å². The molecular weight excluding hydrogens is 182 g/mol. The summed E-state index contributed by atoms with van der Waals surface area (Å²) in [6.45, 7) is 0. The molecule has 76 valence electrons. The SMILES string of the molecule is O[C@@H]1CCC[C@H]1NC1CCCSC1. The van der Waals surface area contributed by atoms with Crippen LogP contribution >= 0.6 is 11.8 Å². The summed E-state index contributed by atoms with van der Waals surface area (Å²) in [5.41, 5.74) is 0. The average Bonchev–Trinajstić information content (AvgIpc) is 2.54. The maximum absolute atomic E-state index is 9.65. The molecule has 0 aromatic heterocycles. The molecule has 0 amide bonds. The molecular formula is C10H19NOS. The van der Waals surface area contributed by atoms with E-state index in [0.717, 1.165) is 6.42 Å². The lowest BCUT2D eigenvalue weighted by molar-refractivity contribution is 0.143. The van der Waals surface area contributed by atoms with E-state index in [1.54, 1.807) is 0 Å². The standard InChI is InChI=1S/C10H19NOS/c12-10-5-1-4-9(10)11-8-3-2-6-13-7-8/h8-12H,1-7H2/t8?,9-,10-/m1/s1. The van der Waals surface area contributed by atoms with Crippen LogP contribution in [-0.2, 0) is 0 Å². The Kier molecular flexibility index (Phi) is 3.52. The summed E-state index contributed by atoms with van der Waals surface area (Å²) in [4.78, 5) is 0. The Morgan fingerprint density at radius 1 is 1.15 bits per heavy atom. The van der Waals surface area contributed by atoms with Crippen LogP contribution in [0.2, 0.25) is 0 Å². The minimum atomic E-state index is -0.0769. The zero-order valence-electron chi connectivity index (χ0n) is 8.04. The van der Waals surface area contributed by atoms with Crippen LogP contribution in [0, 0.1) is 0 Å². The lowest BCUT2D eigenvalue weighted by Crippen LogP contribution is -2.44. The zero-order valence-corrected chi connectivity index (χ0v) is 8.85. The second-order valence-electron chi connectivity index (χ2n) is 4.19. The number of thioether (sulfide) groups is 1. The largest absolute Gasteiger partial charge is 0.392 e. The van der Waals surface area contributed by atoms with Crippen molar-refractivity contribution in [3.63, 3.8) is 0 Å². The third kappa shape index (κ3) is 2.61. The molecule has 2 fully saturated rings. The highest BCUT2D eigenvalue weighted by Crippen LogP contribution is 2.22. The van der Waals surface area contributed by atoms with Gasteiger partial charge in [0.15, 0.2) is 0 Å². The van der Waals surface area contributed by atoms with Gasteiger partial charge in [-0.25, -0.2) is 0 Å². The first-order chi connectivity index (χ1) is 6.36. The molecule has 0 aromatic carbocycles. The summed E-state index contributed by atoms with van der Waals surface area (Å²) in [5.74, 6) is 2.56. The molecule has 0 aromatic rings. The van der Waals surface area contributed by atoms with Crippen LogP contribution in [0.25, 0.3) is 0 Å². The second kappa shape index (κ2) is 4.67. The topological polar surface area (TPSA) is 32.3 Å². The van der Waals surface area contributed by atoms with E-state index in [0.29, 0.717) is 12.1 Å². The molecule has 0 bridgehead atoms. The van der Waals surface area contributed by atoms with Gasteiger partial charge in [-0.2, -0.15) is 11.8 Å². The van der Waals surface area contributed by atoms with Gasteiger partial charge in [0.1, 0.15) is 0 Å². The van der Waals surface area contributed by atoms with E-state index in [1.165, 1.54) is 37.2 Å². The number of nitrogens with one attached hydrogen (secondary N) is 1. The molecule has 3 heteroatoms. The molecule has 2 aliphatic rings. The molecule has 0 spiro atoms. The number of aliphatic hydroxyl groups excluding tert-OH is 1. The molecule has 2 N–H and O–H groups in total. The first-order valence-electron chi connectivity index (χ1n) is 5.38. The van der Waals surface area contributed by atoms with Crippen LogP contribution in [0.4, 0.5) is 0 Å². The Labute approximate surface area is 84.5 Å². The number of hydrogen-bond acceptors (Lipinski definition) is 3. The maximum Gasteiger partial charge on any atom is 0.0693 e. The fourth-order valence-corrected chi connectivity index (χ4v) is 3.39. The van der Waals surface area contributed by atoms with Crippen LogP contribution in [0.3, 0.4) is 0 Å². The summed E-state index contributed by atoms with van der Waals surface area (Å²) >= 11 is 2.04. The lowest BCUT2D eigenvalue weighted by atomic mass is 10.1. The van der Waals surface area contributed by atoms with Gasteiger partial charge in [0.05, 0.1) is 6.10 Å². The fraction of sp³-hybridized carbons (Fsp3) is 1.00. The van der Waals surface area contributed by atoms with Gasteiger partial charge in [-0.15, -0.1) is 0 Å². The van der Waals surface area contributed by atoms with Gasteiger partial charge < -0.3 is 10.4 Å². The molecule has 13 heavy (non-hydrogen) atoms. The molecule has 1 saturated carbocycles. The van der Waals surface area contributed by atoms with Crippen molar-refractivity contribution in [2.45, 2.75) is 50.3 Å². The highest BCUT2D eigenvalue weighted by molar-refractivity contribution is 7.99. The molecule has 0 radical (unpaired) electrons. The van der Waals surface area contributed by atoms with Crippen molar-refractivity contribution < 1.29 is 5.11 Å². The van der Waals surface area contributed by atoms with E-state index >= 15 is 0 Å². The molecule has 2 nitrogen and oxygen atoms in total. The lowest BCUT2D eigenvalue weighted by Gasteiger charge is -2.27. The van der Waals surface area contributed by atoms with Crippen molar-refractivity contribution in [3.05, 3.63) is 0 Å². The second-order valence-corrected chi connectivity index (χ2v) is 5.34. The van der Waals surface area contributed by atoms with Gasteiger partial charge in [-0.3, -0.25) is 0 Å². The summed E-state index contributed by atoms with van der Waals surface area (Å²) in [6, 6.07) is 1.06. The van der Waals surface area contributed by atoms with Crippen molar-refractivity contribution in [2.75, 3.05) is 11.5 Å². The predicted octanol–water partition coefficient (Wildman–Crippen LogP) is 1.39. The van der Waals surface area contributed by atoms with Crippen molar-refractivity contribution in [1.82, 2.24) is 5.32 Å². The van der Waals surface area contributed by atoms with Gasteiger partial charge in [0.2, 0.25) is 0 Å². The Morgan fingerprint density at radius 2 is 2.08 bits per heavy atom. The van der Waals surface area contributed by atoms with Gasteiger partial charge in [-0.05, 0) is 37.9 Å². The van der Waals surface area contributed by atoms with Gasteiger partial charge in [-0.1, -0.05) is 0 Å². The zero-order chi connectivity index (χ0) is 9.10. The number of hydrogen-bond donors (Lipinski definition) is 2. The van der Waals surface area contributed by atoms with Crippen LogP contribution < -0.4 is 5.32 Å². The monoisotopic (exact) mass is 201 g/mol. The number of aliphatic hydroxyl groups is 1. The van der Waals surface area contributed by atoms with Crippen molar-refractivity contribution >= 4 is 11.8 Å². The first-order valence-corrected chi connectivity index (χ1v) is 6.53. The Bertz CT molecular complexity index is 159. The summed E-state index contributed by atoms with van der Waals surface area (Å²) in [6.07, 6.45) is 5.92. The summed E-state index contributed by atoms with van der Waals surface area (Å²) < 4.78 is 0. The molecule has 1 aliphatic heterocycles.